The summed E-state index contributed by atoms with van der Waals surface area (Å²) in [6.45, 7) is 0. The monoisotopic (exact) mass is 211 g/mol. The Bertz CT molecular complexity index is 307. The average Bonchev–Trinajstić information content (AvgIpc) is 2.75. The molecule has 1 saturated carbocycles. The molecule has 2 amide bonds. The first-order chi connectivity index (χ1) is 7.16. The Balaban J connectivity index is 1.90. The molecule has 0 radical (unpaired) electrons. The van der Waals surface area contributed by atoms with E-state index in [9.17, 15) is 14.4 Å². The van der Waals surface area contributed by atoms with Crippen molar-refractivity contribution in [1.29, 1.82) is 0 Å². The summed E-state index contributed by atoms with van der Waals surface area (Å²) in [4.78, 5) is 33.6. The van der Waals surface area contributed by atoms with Crippen LogP contribution in [0, 0.1) is 5.92 Å². The highest BCUT2D eigenvalue weighted by atomic mass is 16.5. The molecule has 0 bridgehead atoms. The van der Waals surface area contributed by atoms with E-state index in [1.165, 1.54) is 0 Å². The third kappa shape index (κ3) is 2.16. The van der Waals surface area contributed by atoms with Crippen LogP contribution >= 0.6 is 0 Å². The summed E-state index contributed by atoms with van der Waals surface area (Å²) < 4.78 is 5.16. The van der Waals surface area contributed by atoms with Crippen LogP contribution in [0.1, 0.15) is 32.1 Å². The van der Waals surface area contributed by atoms with Gasteiger partial charge >= 0.3 is 5.97 Å². The number of hydrogen-bond acceptors (Lipinski definition) is 4. The SMILES string of the molecule is O=C1CC(C(=O)OC2CCCC2)C(=O)N1. The molecule has 0 aromatic carbocycles. The van der Waals surface area contributed by atoms with Crippen molar-refractivity contribution < 1.29 is 19.1 Å². The fourth-order valence-electron chi connectivity index (χ4n) is 2.00. The molecule has 1 N–H and O–H groups in total. The molecule has 1 unspecified atom stereocenters. The fourth-order valence-corrected chi connectivity index (χ4v) is 2.00. The zero-order valence-corrected chi connectivity index (χ0v) is 8.32. The van der Waals surface area contributed by atoms with Crippen LogP contribution < -0.4 is 5.32 Å². The number of rotatable bonds is 2. The number of imide groups is 1. The van der Waals surface area contributed by atoms with Gasteiger partial charge in [0.05, 0.1) is 0 Å². The van der Waals surface area contributed by atoms with Crippen LogP contribution in [0.4, 0.5) is 0 Å². The maximum absolute atomic E-state index is 11.5. The summed E-state index contributed by atoms with van der Waals surface area (Å²) in [6.07, 6.45) is 3.74. The molecular formula is C10H13NO4. The number of esters is 1. The summed E-state index contributed by atoms with van der Waals surface area (Å²) in [6, 6.07) is 0. The predicted octanol–water partition coefficient (Wildman–Crippen LogP) is 0.135. The Morgan fingerprint density at radius 1 is 1.27 bits per heavy atom. The molecule has 2 fully saturated rings. The zero-order chi connectivity index (χ0) is 10.8. The van der Waals surface area contributed by atoms with Gasteiger partial charge < -0.3 is 4.74 Å². The molecule has 82 valence electrons. The van der Waals surface area contributed by atoms with Crippen LogP contribution in [0.5, 0.6) is 0 Å². The molecule has 0 aromatic heterocycles. The van der Waals surface area contributed by atoms with Crippen molar-refractivity contribution >= 4 is 17.8 Å². The zero-order valence-electron chi connectivity index (χ0n) is 8.32. The molecule has 1 saturated heterocycles. The Kier molecular flexibility index (Phi) is 2.70. The predicted molar refractivity (Wildman–Crippen MR) is 49.6 cm³/mol. The average molecular weight is 211 g/mol. The number of carbonyl (C=O) groups excluding carboxylic acids is 3. The molecule has 1 aliphatic heterocycles. The van der Waals surface area contributed by atoms with Gasteiger partial charge in [-0.1, -0.05) is 0 Å². The smallest absolute Gasteiger partial charge is 0.319 e. The maximum Gasteiger partial charge on any atom is 0.319 e. The second kappa shape index (κ2) is 4.00. The van der Waals surface area contributed by atoms with Crippen molar-refractivity contribution in [2.24, 2.45) is 5.92 Å². The van der Waals surface area contributed by atoms with Gasteiger partial charge in [0.2, 0.25) is 11.8 Å². The number of amides is 2. The van der Waals surface area contributed by atoms with Gasteiger partial charge in [0, 0.05) is 6.42 Å². The molecule has 0 aromatic rings. The van der Waals surface area contributed by atoms with Crippen molar-refractivity contribution in [2.75, 3.05) is 0 Å². The Hall–Kier alpha value is -1.39. The summed E-state index contributed by atoms with van der Waals surface area (Å²) in [5, 5.41) is 2.09. The van der Waals surface area contributed by atoms with E-state index in [0.29, 0.717) is 0 Å². The molecule has 2 aliphatic rings. The van der Waals surface area contributed by atoms with Gasteiger partial charge in [-0.2, -0.15) is 0 Å². The molecule has 5 nitrogen and oxygen atoms in total. The molecule has 1 atom stereocenters. The second-order valence-corrected chi connectivity index (χ2v) is 4.01. The van der Waals surface area contributed by atoms with Crippen molar-refractivity contribution in [1.82, 2.24) is 5.32 Å². The summed E-state index contributed by atoms with van der Waals surface area (Å²) >= 11 is 0. The molecule has 5 heteroatoms. The fraction of sp³-hybridized carbons (Fsp3) is 0.700. The minimum Gasteiger partial charge on any atom is -0.462 e. The topological polar surface area (TPSA) is 72.5 Å². The van der Waals surface area contributed by atoms with E-state index in [0.717, 1.165) is 25.7 Å². The lowest BCUT2D eigenvalue weighted by atomic mass is 10.1. The van der Waals surface area contributed by atoms with Crippen LogP contribution in [0.2, 0.25) is 0 Å². The van der Waals surface area contributed by atoms with Crippen LogP contribution in [0.3, 0.4) is 0 Å². The number of ether oxygens (including phenoxy) is 1. The molecular weight excluding hydrogens is 198 g/mol. The van der Waals surface area contributed by atoms with Crippen LogP contribution in [-0.2, 0) is 19.1 Å². The highest BCUT2D eigenvalue weighted by Crippen LogP contribution is 2.23. The first-order valence-electron chi connectivity index (χ1n) is 5.21. The minimum atomic E-state index is -0.918. The Morgan fingerprint density at radius 3 is 2.47 bits per heavy atom. The number of nitrogens with one attached hydrogen (secondary N) is 1. The van der Waals surface area contributed by atoms with E-state index in [1.54, 1.807) is 0 Å². The van der Waals surface area contributed by atoms with Crippen molar-refractivity contribution in [3.63, 3.8) is 0 Å². The normalized spacial score (nSPS) is 26.8. The van der Waals surface area contributed by atoms with Gasteiger partial charge in [-0.25, -0.2) is 0 Å². The summed E-state index contributed by atoms with van der Waals surface area (Å²) in [5.74, 6) is -2.39. The van der Waals surface area contributed by atoms with Gasteiger partial charge in [-0.3, -0.25) is 19.7 Å². The Labute approximate surface area is 87.2 Å². The first-order valence-corrected chi connectivity index (χ1v) is 5.21. The van der Waals surface area contributed by atoms with Gasteiger partial charge in [-0.15, -0.1) is 0 Å². The highest BCUT2D eigenvalue weighted by Gasteiger charge is 2.38. The van der Waals surface area contributed by atoms with Gasteiger partial charge in [0.15, 0.2) is 0 Å². The molecule has 2 rings (SSSR count). The number of carbonyl (C=O) groups is 3. The van der Waals surface area contributed by atoms with E-state index in [1.807, 2.05) is 0 Å². The van der Waals surface area contributed by atoms with Gasteiger partial charge in [0.25, 0.3) is 0 Å². The third-order valence-electron chi connectivity index (χ3n) is 2.84. The van der Waals surface area contributed by atoms with Gasteiger partial charge in [-0.05, 0) is 25.7 Å². The lowest BCUT2D eigenvalue weighted by molar-refractivity contribution is -0.156. The molecule has 0 spiro atoms. The van der Waals surface area contributed by atoms with Crippen molar-refractivity contribution in [3.05, 3.63) is 0 Å². The van der Waals surface area contributed by atoms with Crippen molar-refractivity contribution in [2.45, 2.75) is 38.2 Å². The van der Waals surface area contributed by atoms with E-state index in [-0.39, 0.29) is 12.5 Å². The summed E-state index contributed by atoms with van der Waals surface area (Å²) in [5.41, 5.74) is 0. The van der Waals surface area contributed by atoms with E-state index >= 15 is 0 Å². The lowest BCUT2D eigenvalue weighted by Gasteiger charge is -2.13. The van der Waals surface area contributed by atoms with Crippen LogP contribution in [0.15, 0.2) is 0 Å². The standard InChI is InChI=1S/C10H13NO4/c12-8-5-7(9(13)11-8)10(14)15-6-3-1-2-4-6/h6-7H,1-5H2,(H,11,12,13). The quantitative estimate of drug-likeness (QED) is 0.400. The summed E-state index contributed by atoms with van der Waals surface area (Å²) in [7, 11) is 0. The highest BCUT2D eigenvalue weighted by molar-refractivity contribution is 6.12. The van der Waals surface area contributed by atoms with Crippen LogP contribution in [0.25, 0.3) is 0 Å². The van der Waals surface area contributed by atoms with E-state index in [4.69, 9.17) is 4.74 Å². The second-order valence-electron chi connectivity index (χ2n) is 4.01. The molecule has 1 aliphatic carbocycles. The third-order valence-corrected chi connectivity index (χ3v) is 2.84. The van der Waals surface area contributed by atoms with Crippen molar-refractivity contribution in [3.8, 4) is 0 Å². The van der Waals surface area contributed by atoms with Crippen LogP contribution in [-0.4, -0.2) is 23.9 Å². The Morgan fingerprint density at radius 2 is 1.93 bits per heavy atom. The van der Waals surface area contributed by atoms with E-state index < -0.39 is 23.7 Å². The van der Waals surface area contributed by atoms with E-state index in [2.05, 4.69) is 5.32 Å². The molecule has 1 heterocycles. The minimum absolute atomic E-state index is 0.0546. The lowest BCUT2D eigenvalue weighted by Crippen LogP contribution is -2.29. The van der Waals surface area contributed by atoms with Gasteiger partial charge in [0.1, 0.15) is 12.0 Å². The largest absolute Gasteiger partial charge is 0.462 e. The molecule has 15 heavy (non-hydrogen) atoms. The first kappa shape index (κ1) is 10.1. The number of hydrogen-bond donors (Lipinski definition) is 1. The maximum atomic E-state index is 11.5.